The molecule has 1 atom stereocenters. The SMILES string of the molecule is CNC(CCCC(C)C)C(C(F)(F)F)C(F)(F)F. The Morgan fingerprint density at radius 1 is 0.889 bits per heavy atom. The van der Waals surface area contributed by atoms with Gasteiger partial charge >= 0.3 is 12.4 Å². The minimum Gasteiger partial charge on any atom is -0.316 e. The molecule has 0 bridgehead atoms. The molecule has 0 heterocycles. The molecule has 0 amide bonds. The molecule has 0 aliphatic heterocycles. The molecule has 1 unspecified atom stereocenters. The predicted molar refractivity (Wildman–Crippen MR) is 57.1 cm³/mol. The van der Waals surface area contributed by atoms with Gasteiger partial charge in [0.15, 0.2) is 5.92 Å². The number of nitrogens with one attached hydrogen (secondary N) is 1. The second kappa shape index (κ2) is 6.63. The van der Waals surface area contributed by atoms with Gasteiger partial charge in [-0.25, -0.2) is 0 Å². The van der Waals surface area contributed by atoms with Crippen LogP contribution in [-0.2, 0) is 0 Å². The van der Waals surface area contributed by atoms with Crippen LogP contribution in [0, 0.1) is 11.8 Å². The van der Waals surface area contributed by atoms with E-state index in [4.69, 9.17) is 0 Å². The van der Waals surface area contributed by atoms with Crippen LogP contribution in [0.1, 0.15) is 33.1 Å². The Morgan fingerprint density at radius 3 is 1.61 bits per heavy atom. The summed E-state index contributed by atoms with van der Waals surface area (Å²) in [5.41, 5.74) is 0. The van der Waals surface area contributed by atoms with E-state index in [9.17, 15) is 26.3 Å². The maximum absolute atomic E-state index is 12.5. The highest BCUT2D eigenvalue weighted by Crippen LogP contribution is 2.42. The Bertz CT molecular complexity index is 219. The van der Waals surface area contributed by atoms with Crippen molar-refractivity contribution in [1.82, 2.24) is 5.32 Å². The third kappa shape index (κ3) is 5.93. The Labute approximate surface area is 103 Å². The van der Waals surface area contributed by atoms with Crippen molar-refractivity contribution in [3.05, 3.63) is 0 Å². The molecule has 0 spiro atoms. The van der Waals surface area contributed by atoms with E-state index in [0.29, 0.717) is 12.8 Å². The molecule has 7 heteroatoms. The third-order valence-corrected chi connectivity index (χ3v) is 2.78. The van der Waals surface area contributed by atoms with Crippen molar-refractivity contribution in [2.24, 2.45) is 11.8 Å². The summed E-state index contributed by atoms with van der Waals surface area (Å²) in [6, 6.07) is -1.62. The second-order valence-electron chi connectivity index (χ2n) is 4.78. The van der Waals surface area contributed by atoms with Crippen molar-refractivity contribution in [2.75, 3.05) is 7.05 Å². The third-order valence-electron chi connectivity index (χ3n) is 2.78. The van der Waals surface area contributed by atoms with Gasteiger partial charge in [-0.15, -0.1) is 0 Å². The molecule has 0 rings (SSSR count). The summed E-state index contributed by atoms with van der Waals surface area (Å²) >= 11 is 0. The van der Waals surface area contributed by atoms with Crippen molar-refractivity contribution in [2.45, 2.75) is 51.5 Å². The van der Waals surface area contributed by atoms with Crippen molar-refractivity contribution in [3.8, 4) is 0 Å². The highest BCUT2D eigenvalue weighted by atomic mass is 19.4. The fourth-order valence-electron chi connectivity index (χ4n) is 1.87. The number of hydrogen-bond acceptors (Lipinski definition) is 1. The molecule has 0 aromatic heterocycles. The van der Waals surface area contributed by atoms with Gasteiger partial charge in [-0.2, -0.15) is 26.3 Å². The van der Waals surface area contributed by atoms with E-state index < -0.39 is 24.3 Å². The molecule has 1 nitrogen and oxygen atoms in total. The average molecular weight is 279 g/mol. The van der Waals surface area contributed by atoms with E-state index in [1.165, 1.54) is 0 Å². The molecule has 110 valence electrons. The first kappa shape index (κ1) is 17.5. The van der Waals surface area contributed by atoms with Gasteiger partial charge < -0.3 is 5.32 Å². The number of rotatable bonds is 6. The van der Waals surface area contributed by atoms with Crippen LogP contribution in [-0.4, -0.2) is 25.4 Å². The van der Waals surface area contributed by atoms with Crippen LogP contribution in [0.5, 0.6) is 0 Å². The van der Waals surface area contributed by atoms with Gasteiger partial charge in [-0.1, -0.05) is 26.7 Å². The van der Waals surface area contributed by atoms with Crippen LogP contribution in [0.3, 0.4) is 0 Å². The zero-order chi connectivity index (χ0) is 14.6. The van der Waals surface area contributed by atoms with E-state index in [0.717, 1.165) is 7.05 Å². The lowest BCUT2D eigenvalue weighted by atomic mass is 9.92. The zero-order valence-electron chi connectivity index (χ0n) is 10.6. The van der Waals surface area contributed by atoms with Crippen molar-refractivity contribution >= 4 is 0 Å². The monoisotopic (exact) mass is 279 g/mol. The summed E-state index contributed by atoms with van der Waals surface area (Å²) in [7, 11) is 1.13. The largest absolute Gasteiger partial charge is 0.401 e. The summed E-state index contributed by atoms with van der Waals surface area (Å²) in [6.07, 6.45) is -9.74. The van der Waals surface area contributed by atoms with Gasteiger partial charge in [-0.3, -0.25) is 0 Å². The summed E-state index contributed by atoms with van der Waals surface area (Å²) in [5.74, 6) is -3.04. The van der Waals surface area contributed by atoms with Crippen molar-refractivity contribution in [1.29, 1.82) is 0 Å². The summed E-state index contributed by atoms with van der Waals surface area (Å²) < 4.78 is 74.9. The molecular weight excluding hydrogens is 260 g/mol. The lowest BCUT2D eigenvalue weighted by Gasteiger charge is -2.30. The fourth-order valence-corrected chi connectivity index (χ4v) is 1.87. The normalized spacial score (nSPS) is 15.5. The van der Waals surface area contributed by atoms with Gasteiger partial charge in [0.25, 0.3) is 0 Å². The fraction of sp³-hybridized carbons (Fsp3) is 1.00. The van der Waals surface area contributed by atoms with E-state index in [1.54, 1.807) is 0 Å². The minimum atomic E-state index is -5.27. The molecule has 0 aromatic rings. The number of hydrogen-bond donors (Lipinski definition) is 1. The van der Waals surface area contributed by atoms with Crippen LogP contribution in [0.4, 0.5) is 26.3 Å². The molecular formula is C11H19F6N. The standard InChI is InChI=1S/C11H19F6N/c1-7(2)5-4-6-8(18-3)9(10(12,13)14)11(15,16)17/h7-9,18H,4-6H2,1-3H3. The Morgan fingerprint density at radius 2 is 1.33 bits per heavy atom. The molecule has 1 N–H and O–H groups in total. The molecule has 0 radical (unpaired) electrons. The highest BCUT2D eigenvalue weighted by molar-refractivity contribution is 4.86. The van der Waals surface area contributed by atoms with Gasteiger partial charge in [0.2, 0.25) is 0 Å². The maximum Gasteiger partial charge on any atom is 0.401 e. The molecule has 18 heavy (non-hydrogen) atoms. The summed E-state index contributed by atoms with van der Waals surface area (Å²) in [4.78, 5) is 0. The minimum absolute atomic E-state index is 0.141. The molecule has 0 aliphatic carbocycles. The van der Waals surface area contributed by atoms with Crippen molar-refractivity contribution in [3.63, 3.8) is 0 Å². The molecule has 0 saturated carbocycles. The van der Waals surface area contributed by atoms with Crippen LogP contribution >= 0.6 is 0 Å². The van der Waals surface area contributed by atoms with E-state index >= 15 is 0 Å². The molecule has 0 fully saturated rings. The van der Waals surface area contributed by atoms with Gasteiger partial charge in [0.1, 0.15) is 0 Å². The zero-order valence-corrected chi connectivity index (χ0v) is 10.6. The average Bonchev–Trinajstić information content (AvgIpc) is 2.10. The first-order valence-electron chi connectivity index (χ1n) is 5.80. The maximum atomic E-state index is 12.5. The van der Waals surface area contributed by atoms with Gasteiger partial charge in [0, 0.05) is 6.04 Å². The Balaban J connectivity index is 4.74. The van der Waals surface area contributed by atoms with Crippen LogP contribution < -0.4 is 5.32 Å². The number of halogens is 6. The highest BCUT2D eigenvalue weighted by Gasteiger charge is 2.59. The number of alkyl halides is 6. The predicted octanol–water partition coefficient (Wildman–Crippen LogP) is 4.14. The molecule has 0 saturated heterocycles. The van der Waals surface area contributed by atoms with E-state index in [2.05, 4.69) is 5.32 Å². The molecule has 0 aliphatic rings. The van der Waals surface area contributed by atoms with E-state index in [1.807, 2.05) is 13.8 Å². The lowest BCUT2D eigenvalue weighted by molar-refractivity contribution is -0.291. The van der Waals surface area contributed by atoms with Crippen LogP contribution in [0.2, 0.25) is 0 Å². The topological polar surface area (TPSA) is 12.0 Å². The smallest absolute Gasteiger partial charge is 0.316 e. The first-order valence-corrected chi connectivity index (χ1v) is 5.80. The Kier molecular flexibility index (Phi) is 6.46. The molecule has 0 aromatic carbocycles. The van der Waals surface area contributed by atoms with Crippen molar-refractivity contribution < 1.29 is 26.3 Å². The second-order valence-corrected chi connectivity index (χ2v) is 4.78. The van der Waals surface area contributed by atoms with Crippen LogP contribution in [0.25, 0.3) is 0 Å². The summed E-state index contributed by atoms with van der Waals surface area (Å²) in [6.45, 7) is 3.75. The Hall–Kier alpha value is -0.460. The quantitative estimate of drug-likeness (QED) is 0.720. The van der Waals surface area contributed by atoms with Crippen LogP contribution in [0.15, 0.2) is 0 Å². The van der Waals surface area contributed by atoms with Gasteiger partial charge in [-0.05, 0) is 19.4 Å². The first-order chi connectivity index (χ1) is 8.00. The summed E-state index contributed by atoms with van der Waals surface area (Å²) in [5, 5.41) is 2.15. The lowest BCUT2D eigenvalue weighted by Crippen LogP contribution is -2.50. The van der Waals surface area contributed by atoms with Gasteiger partial charge in [0.05, 0.1) is 0 Å². The van der Waals surface area contributed by atoms with E-state index in [-0.39, 0.29) is 12.3 Å².